The van der Waals surface area contributed by atoms with Crippen molar-refractivity contribution in [3.8, 4) is 0 Å². The highest BCUT2D eigenvalue weighted by Crippen LogP contribution is 2.24. The van der Waals surface area contributed by atoms with Crippen LogP contribution in [0, 0.1) is 20.8 Å². The molecule has 0 saturated carbocycles. The van der Waals surface area contributed by atoms with Crippen molar-refractivity contribution in [1.82, 2.24) is 5.32 Å². The third-order valence-corrected chi connectivity index (χ3v) is 3.66. The average molecular weight is 263 g/mol. The number of hydrogen-bond donors (Lipinski definition) is 1. The van der Waals surface area contributed by atoms with E-state index in [1.54, 1.807) is 0 Å². The lowest BCUT2D eigenvalue weighted by molar-refractivity contribution is 0.0474. The Morgan fingerprint density at radius 2 is 1.68 bits per heavy atom. The number of hydrogen-bond acceptors (Lipinski definition) is 2. The van der Waals surface area contributed by atoms with Crippen LogP contribution in [0.5, 0.6) is 0 Å². The van der Waals surface area contributed by atoms with Gasteiger partial charge in [0, 0.05) is 0 Å². The number of aryl methyl sites for hydroxylation is 3. The van der Waals surface area contributed by atoms with Gasteiger partial charge in [0.2, 0.25) is 0 Å². The zero-order valence-electron chi connectivity index (χ0n) is 13.3. The largest absolute Gasteiger partial charge is 0.377 e. The number of ether oxygens (including phenoxy) is 1. The molecule has 2 nitrogen and oxygen atoms in total. The summed E-state index contributed by atoms with van der Waals surface area (Å²) in [4.78, 5) is 0. The highest BCUT2D eigenvalue weighted by atomic mass is 16.5. The second kappa shape index (κ2) is 7.66. The van der Waals surface area contributed by atoms with Crippen LogP contribution in [0.2, 0.25) is 0 Å². The molecule has 0 aliphatic carbocycles. The Labute approximate surface area is 118 Å². The summed E-state index contributed by atoms with van der Waals surface area (Å²) in [7, 11) is 0. The summed E-state index contributed by atoms with van der Waals surface area (Å²) in [6.45, 7) is 14.7. The predicted molar refractivity (Wildman–Crippen MR) is 82.8 cm³/mol. The normalized spacial score (nSPS) is 14.4. The Kier molecular flexibility index (Phi) is 6.53. The lowest BCUT2D eigenvalue weighted by Crippen LogP contribution is -2.28. The molecule has 0 bridgehead atoms. The molecule has 1 aromatic carbocycles. The van der Waals surface area contributed by atoms with Crippen LogP contribution in [0.1, 0.15) is 55.5 Å². The molecule has 2 heteroatoms. The van der Waals surface area contributed by atoms with Crippen molar-refractivity contribution in [2.75, 3.05) is 13.2 Å². The molecule has 0 fully saturated rings. The fourth-order valence-electron chi connectivity index (χ4n) is 2.61. The number of likely N-dealkylation sites (N-methyl/N-ethyl adjacent to an activating group) is 1. The Morgan fingerprint density at radius 1 is 1.11 bits per heavy atom. The van der Waals surface area contributed by atoms with Gasteiger partial charge in [-0.25, -0.2) is 0 Å². The first-order valence-corrected chi connectivity index (χ1v) is 7.42. The van der Waals surface area contributed by atoms with Gasteiger partial charge in [-0.2, -0.15) is 0 Å². The van der Waals surface area contributed by atoms with Crippen molar-refractivity contribution < 1.29 is 4.74 Å². The average Bonchev–Trinajstić information content (AvgIpc) is 2.34. The first-order chi connectivity index (χ1) is 8.99. The zero-order valence-corrected chi connectivity index (χ0v) is 13.3. The van der Waals surface area contributed by atoms with Gasteiger partial charge in [-0.15, -0.1) is 0 Å². The summed E-state index contributed by atoms with van der Waals surface area (Å²) in [5, 5.41) is 3.55. The Hall–Kier alpha value is -0.860. The molecule has 0 amide bonds. The maximum Gasteiger partial charge on any atom is 0.0665 e. The molecular weight excluding hydrogens is 234 g/mol. The molecule has 1 aromatic rings. The van der Waals surface area contributed by atoms with Crippen LogP contribution >= 0.6 is 0 Å². The van der Waals surface area contributed by atoms with Crippen molar-refractivity contribution in [3.05, 3.63) is 34.4 Å². The smallest absolute Gasteiger partial charge is 0.0665 e. The van der Waals surface area contributed by atoms with Crippen LogP contribution in [-0.4, -0.2) is 19.3 Å². The first kappa shape index (κ1) is 16.2. The summed E-state index contributed by atoms with van der Waals surface area (Å²) in [6.07, 6.45) is 1.39. The Morgan fingerprint density at radius 3 is 2.16 bits per heavy atom. The molecule has 1 rings (SSSR count). The van der Waals surface area contributed by atoms with E-state index in [1.165, 1.54) is 22.3 Å². The van der Waals surface area contributed by atoms with Crippen molar-refractivity contribution >= 4 is 0 Å². The molecule has 108 valence electrons. The van der Waals surface area contributed by atoms with Gasteiger partial charge in [-0.05, 0) is 57.4 Å². The van der Waals surface area contributed by atoms with Gasteiger partial charge in [-0.1, -0.05) is 31.5 Å². The van der Waals surface area contributed by atoms with E-state index in [0.29, 0.717) is 12.1 Å². The van der Waals surface area contributed by atoms with Crippen molar-refractivity contribution in [1.29, 1.82) is 0 Å². The zero-order chi connectivity index (χ0) is 14.4. The van der Waals surface area contributed by atoms with E-state index in [4.69, 9.17) is 4.74 Å². The van der Waals surface area contributed by atoms with Gasteiger partial charge in [0.25, 0.3) is 0 Å². The second-order valence-corrected chi connectivity index (χ2v) is 5.47. The predicted octanol–water partition coefficient (Wildman–Crippen LogP) is 4.08. The highest BCUT2D eigenvalue weighted by Gasteiger charge is 2.16. The van der Waals surface area contributed by atoms with Gasteiger partial charge in [0.15, 0.2) is 0 Å². The minimum Gasteiger partial charge on any atom is -0.377 e. The number of nitrogens with one attached hydrogen (secondary N) is 1. The third kappa shape index (κ3) is 4.63. The highest BCUT2D eigenvalue weighted by molar-refractivity contribution is 5.39. The topological polar surface area (TPSA) is 21.3 Å². The molecule has 2 atom stereocenters. The van der Waals surface area contributed by atoms with E-state index in [0.717, 1.165) is 19.6 Å². The van der Waals surface area contributed by atoms with Crippen LogP contribution in [0.15, 0.2) is 12.1 Å². The number of rotatable bonds is 7. The van der Waals surface area contributed by atoms with Crippen molar-refractivity contribution in [3.63, 3.8) is 0 Å². The summed E-state index contributed by atoms with van der Waals surface area (Å²) in [5.74, 6) is 0. The summed E-state index contributed by atoms with van der Waals surface area (Å²) in [6, 6.07) is 4.81. The van der Waals surface area contributed by atoms with Crippen LogP contribution in [0.3, 0.4) is 0 Å². The SMILES string of the molecule is CCNC(COC(C)CC)c1c(C)cc(C)cc1C. The minimum atomic E-state index is 0.291. The van der Waals surface area contributed by atoms with E-state index in [1.807, 2.05) is 0 Å². The minimum absolute atomic E-state index is 0.291. The maximum absolute atomic E-state index is 5.94. The molecule has 1 N–H and O–H groups in total. The fourth-order valence-corrected chi connectivity index (χ4v) is 2.61. The molecule has 0 radical (unpaired) electrons. The monoisotopic (exact) mass is 263 g/mol. The fraction of sp³-hybridized carbons (Fsp3) is 0.647. The molecule has 0 aromatic heterocycles. The summed E-state index contributed by atoms with van der Waals surface area (Å²) in [5.41, 5.74) is 5.44. The molecule has 0 aliphatic rings. The Balaban J connectivity index is 2.92. The molecule has 0 spiro atoms. The van der Waals surface area contributed by atoms with E-state index in [-0.39, 0.29) is 0 Å². The van der Waals surface area contributed by atoms with Crippen LogP contribution in [0.25, 0.3) is 0 Å². The third-order valence-electron chi connectivity index (χ3n) is 3.66. The Bertz CT molecular complexity index is 377. The molecule has 19 heavy (non-hydrogen) atoms. The van der Waals surface area contributed by atoms with E-state index in [2.05, 4.69) is 59.0 Å². The van der Waals surface area contributed by atoms with Crippen molar-refractivity contribution in [2.24, 2.45) is 0 Å². The van der Waals surface area contributed by atoms with E-state index < -0.39 is 0 Å². The molecule has 0 aliphatic heterocycles. The van der Waals surface area contributed by atoms with Gasteiger partial charge >= 0.3 is 0 Å². The van der Waals surface area contributed by atoms with Gasteiger partial charge < -0.3 is 10.1 Å². The van der Waals surface area contributed by atoms with Crippen LogP contribution in [-0.2, 0) is 4.74 Å². The van der Waals surface area contributed by atoms with Crippen LogP contribution < -0.4 is 5.32 Å². The lowest BCUT2D eigenvalue weighted by atomic mass is 9.94. The molecular formula is C17H29NO. The van der Waals surface area contributed by atoms with Gasteiger partial charge in [0.05, 0.1) is 18.8 Å². The summed E-state index contributed by atoms with van der Waals surface area (Å²) < 4.78 is 5.94. The summed E-state index contributed by atoms with van der Waals surface area (Å²) >= 11 is 0. The van der Waals surface area contributed by atoms with Gasteiger partial charge in [0.1, 0.15) is 0 Å². The maximum atomic E-state index is 5.94. The van der Waals surface area contributed by atoms with E-state index in [9.17, 15) is 0 Å². The second-order valence-electron chi connectivity index (χ2n) is 5.47. The number of benzene rings is 1. The van der Waals surface area contributed by atoms with Crippen LogP contribution in [0.4, 0.5) is 0 Å². The van der Waals surface area contributed by atoms with Gasteiger partial charge in [-0.3, -0.25) is 0 Å². The quantitative estimate of drug-likeness (QED) is 0.800. The molecule has 0 saturated heterocycles. The first-order valence-electron chi connectivity index (χ1n) is 7.42. The van der Waals surface area contributed by atoms with E-state index >= 15 is 0 Å². The molecule has 0 heterocycles. The van der Waals surface area contributed by atoms with Crippen molar-refractivity contribution in [2.45, 2.75) is 60.1 Å². The standard InChI is InChI=1S/C17H29NO/c1-7-15(6)19-11-16(18-8-2)17-13(4)9-12(3)10-14(17)5/h9-10,15-16,18H,7-8,11H2,1-6H3. The lowest BCUT2D eigenvalue weighted by Gasteiger charge is -2.24. The molecule has 2 unspecified atom stereocenters.